The predicted molar refractivity (Wildman–Crippen MR) is 59.7 cm³/mol. The molecule has 0 aliphatic heterocycles. The first-order valence-corrected chi connectivity index (χ1v) is 5.72. The number of aromatic nitrogens is 2. The van der Waals surface area contributed by atoms with Crippen LogP contribution in [-0.4, -0.2) is 16.5 Å². The van der Waals surface area contributed by atoms with E-state index in [1.54, 1.807) is 0 Å². The lowest BCUT2D eigenvalue weighted by atomic mass is 10.1. The molecule has 1 aromatic heterocycles. The fourth-order valence-corrected chi connectivity index (χ4v) is 1.55. The van der Waals surface area contributed by atoms with E-state index in [-0.39, 0.29) is 0 Å². The van der Waals surface area contributed by atoms with Crippen molar-refractivity contribution >= 4 is 17.4 Å². The van der Waals surface area contributed by atoms with Crippen LogP contribution in [0.2, 0.25) is 0 Å². The van der Waals surface area contributed by atoms with Crippen molar-refractivity contribution in [2.75, 3.05) is 12.0 Å². The van der Waals surface area contributed by atoms with E-state index in [1.807, 2.05) is 30.5 Å². The van der Waals surface area contributed by atoms with Gasteiger partial charge in [-0.25, -0.2) is 0 Å². The summed E-state index contributed by atoms with van der Waals surface area (Å²) >= 11 is 1.43. The van der Waals surface area contributed by atoms with Crippen molar-refractivity contribution in [1.82, 2.24) is 10.2 Å². The van der Waals surface area contributed by atoms with Crippen molar-refractivity contribution in [1.29, 1.82) is 0 Å². The van der Waals surface area contributed by atoms with Gasteiger partial charge in [0.05, 0.1) is 6.42 Å². The topological polar surface area (TPSA) is 64.9 Å². The van der Waals surface area contributed by atoms with Gasteiger partial charge in [0.25, 0.3) is 5.22 Å². The summed E-state index contributed by atoms with van der Waals surface area (Å²) in [6.45, 7) is 0. The molecule has 1 heterocycles. The largest absolute Gasteiger partial charge is 0.416 e. The maximum absolute atomic E-state index is 5.81. The first-order chi connectivity index (χ1) is 7.29. The Balaban J connectivity index is 2.18. The van der Waals surface area contributed by atoms with Gasteiger partial charge in [-0.1, -0.05) is 30.0 Å². The van der Waals surface area contributed by atoms with E-state index in [0.717, 1.165) is 11.3 Å². The molecule has 0 fully saturated rings. The van der Waals surface area contributed by atoms with Crippen molar-refractivity contribution in [2.45, 2.75) is 11.6 Å². The summed E-state index contributed by atoms with van der Waals surface area (Å²) in [7, 11) is 0. The maximum Gasteiger partial charge on any atom is 0.276 e. The number of hydrogen-bond donors (Lipinski definition) is 1. The van der Waals surface area contributed by atoms with Crippen LogP contribution in [0.1, 0.15) is 11.5 Å². The number of hydrogen-bond acceptors (Lipinski definition) is 5. The highest BCUT2D eigenvalue weighted by molar-refractivity contribution is 7.98. The molecule has 0 amide bonds. The van der Waals surface area contributed by atoms with Crippen molar-refractivity contribution in [3.05, 3.63) is 35.7 Å². The van der Waals surface area contributed by atoms with Crippen molar-refractivity contribution in [3.63, 3.8) is 0 Å². The van der Waals surface area contributed by atoms with Crippen LogP contribution in [0.4, 0.5) is 5.69 Å². The molecule has 0 bridgehead atoms. The molecule has 0 saturated heterocycles. The van der Waals surface area contributed by atoms with Crippen LogP contribution >= 0.6 is 11.8 Å². The molecule has 4 nitrogen and oxygen atoms in total. The zero-order valence-electron chi connectivity index (χ0n) is 8.30. The summed E-state index contributed by atoms with van der Waals surface area (Å²) in [5.41, 5.74) is 7.57. The average molecular weight is 221 g/mol. The average Bonchev–Trinajstić information content (AvgIpc) is 2.69. The Morgan fingerprint density at radius 1 is 1.33 bits per heavy atom. The maximum atomic E-state index is 5.81. The zero-order chi connectivity index (χ0) is 10.7. The first kappa shape index (κ1) is 10.0. The molecule has 0 atom stereocenters. The Labute approximate surface area is 91.9 Å². The molecule has 78 valence electrons. The van der Waals surface area contributed by atoms with Gasteiger partial charge in [-0.2, -0.15) is 0 Å². The number of benzene rings is 1. The fraction of sp³-hybridized carbons (Fsp3) is 0.200. The molecule has 0 saturated carbocycles. The molecule has 2 rings (SSSR count). The zero-order valence-corrected chi connectivity index (χ0v) is 9.12. The van der Waals surface area contributed by atoms with Gasteiger partial charge in [0.1, 0.15) is 0 Å². The van der Waals surface area contributed by atoms with Gasteiger partial charge in [-0.15, -0.1) is 10.2 Å². The normalized spacial score (nSPS) is 10.5. The van der Waals surface area contributed by atoms with Gasteiger partial charge in [0.2, 0.25) is 5.89 Å². The lowest BCUT2D eigenvalue weighted by Crippen LogP contribution is -1.95. The molecule has 5 heteroatoms. The standard InChI is InChI=1S/C10H11N3OS/c1-15-10-13-12-9(14-10)6-7-4-2-3-5-8(7)11/h2-5H,6,11H2,1H3. The fourth-order valence-electron chi connectivity index (χ4n) is 1.25. The highest BCUT2D eigenvalue weighted by Crippen LogP contribution is 2.17. The number of rotatable bonds is 3. The van der Waals surface area contributed by atoms with Crippen LogP contribution in [0.3, 0.4) is 0 Å². The lowest BCUT2D eigenvalue weighted by Gasteiger charge is -2.00. The summed E-state index contributed by atoms with van der Waals surface area (Å²) in [6, 6.07) is 7.66. The van der Waals surface area contributed by atoms with Crippen molar-refractivity contribution < 1.29 is 4.42 Å². The Morgan fingerprint density at radius 2 is 2.13 bits per heavy atom. The third-order valence-electron chi connectivity index (χ3n) is 2.02. The van der Waals surface area contributed by atoms with Gasteiger partial charge in [-0.3, -0.25) is 0 Å². The molecule has 15 heavy (non-hydrogen) atoms. The first-order valence-electron chi connectivity index (χ1n) is 4.49. The number of nitrogens with zero attached hydrogens (tertiary/aromatic N) is 2. The Morgan fingerprint density at radius 3 is 2.80 bits per heavy atom. The Kier molecular flexibility index (Phi) is 2.91. The molecular formula is C10H11N3OS. The summed E-state index contributed by atoms with van der Waals surface area (Å²) in [4.78, 5) is 0. The quantitative estimate of drug-likeness (QED) is 0.634. The second-order valence-corrected chi connectivity index (χ2v) is 3.80. The molecule has 0 unspecified atom stereocenters. The monoisotopic (exact) mass is 221 g/mol. The highest BCUT2D eigenvalue weighted by atomic mass is 32.2. The third-order valence-corrected chi connectivity index (χ3v) is 2.53. The number of para-hydroxylation sites is 1. The molecule has 0 aliphatic rings. The molecule has 0 radical (unpaired) electrons. The molecule has 2 N–H and O–H groups in total. The summed E-state index contributed by atoms with van der Waals surface area (Å²) < 4.78 is 5.38. The van der Waals surface area contributed by atoms with Gasteiger partial charge in [0.15, 0.2) is 0 Å². The van der Waals surface area contributed by atoms with Crippen molar-refractivity contribution in [3.8, 4) is 0 Å². The minimum Gasteiger partial charge on any atom is -0.416 e. The molecule has 1 aromatic carbocycles. The second-order valence-electron chi connectivity index (χ2n) is 3.04. The number of nitrogen functional groups attached to an aromatic ring is 1. The molecule has 2 aromatic rings. The van der Waals surface area contributed by atoms with Crippen LogP contribution in [0.25, 0.3) is 0 Å². The smallest absolute Gasteiger partial charge is 0.276 e. The SMILES string of the molecule is CSc1nnc(Cc2ccccc2N)o1. The van der Waals surface area contributed by atoms with Gasteiger partial charge < -0.3 is 10.2 Å². The number of nitrogens with two attached hydrogens (primary N) is 1. The molecule has 0 spiro atoms. The van der Waals surface area contributed by atoms with Crippen LogP contribution < -0.4 is 5.73 Å². The second kappa shape index (κ2) is 4.35. The molecule has 0 aliphatic carbocycles. The van der Waals surface area contributed by atoms with Gasteiger partial charge in [-0.05, 0) is 17.9 Å². The van der Waals surface area contributed by atoms with Gasteiger partial charge >= 0.3 is 0 Å². The Hall–Kier alpha value is -1.49. The third kappa shape index (κ3) is 2.30. The number of anilines is 1. The van der Waals surface area contributed by atoms with Crippen LogP contribution in [0.5, 0.6) is 0 Å². The van der Waals surface area contributed by atoms with E-state index in [2.05, 4.69) is 10.2 Å². The minimum atomic E-state index is 0.583. The van der Waals surface area contributed by atoms with Crippen LogP contribution in [-0.2, 0) is 6.42 Å². The van der Waals surface area contributed by atoms with E-state index in [1.165, 1.54) is 11.8 Å². The van der Waals surface area contributed by atoms with Gasteiger partial charge in [0, 0.05) is 5.69 Å². The van der Waals surface area contributed by atoms with E-state index >= 15 is 0 Å². The molecular weight excluding hydrogens is 210 g/mol. The summed E-state index contributed by atoms with van der Waals surface area (Å²) in [5, 5.41) is 8.38. The van der Waals surface area contributed by atoms with Crippen LogP contribution in [0.15, 0.2) is 33.9 Å². The summed E-state index contributed by atoms with van der Waals surface area (Å²) in [5.74, 6) is 0.595. The Bertz CT molecular complexity index is 455. The van der Waals surface area contributed by atoms with E-state index in [4.69, 9.17) is 10.2 Å². The van der Waals surface area contributed by atoms with Crippen LogP contribution in [0, 0.1) is 0 Å². The summed E-state index contributed by atoms with van der Waals surface area (Å²) in [6.07, 6.45) is 2.48. The van der Waals surface area contributed by atoms with E-state index in [0.29, 0.717) is 17.5 Å². The highest BCUT2D eigenvalue weighted by Gasteiger charge is 2.07. The number of thioether (sulfide) groups is 1. The van der Waals surface area contributed by atoms with E-state index < -0.39 is 0 Å². The minimum absolute atomic E-state index is 0.583. The predicted octanol–water partition coefficient (Wildman–Crippen LogP) is 1.96. The lowest BCUT2D eigenvalue weighted by molar-refractivity contribution is 0.421. The van der Waals surface area contributed by atoms with E-state index in [9.17, 15) is 0 Å². The van der Waals surface area contributed by atoms with Crippen molar-refractivity contribution in [2.24, 2.45) is 0 Å².